The smallest absolute Gasteiger partial charge is 0.292 e. The van der Waals surface area contributed by atoms with E-state index in [1.54, 1.807) is 6.08 Å². The Morgan fingerprint density at radius 1 is 1.32 bits per heavy atom. The SMILES string of the molecule is C=Cc1oc2c(-c3n(C)cc[n+]3C)c(C)ccc2c1/C=C\C. The highest BCUT2D eigenvalue weighted by Gasteiger charge is 2.23. The summed E-state index contributed by atoms with van der Waals surface area (Å²) in [6.07, 6.45) is 9.99. The zero-order valence-electron chi connectivity index (χ0n) is 13.6. The number of furan rings is 1. The number of benzene rings is 1. The van der Waals surface area contributed by atoms with Crippen LogP contribution in [0, 0.1) is 6.92 Å². The lowest BCUT2D eigenvalue weighted by Gasteiger charge is -2.04. The molecule has 0 N–H and O–H groups in total. The highest BCUT2D eigenvalue weighted by molar-refractivity contribution is 5.99. The first-order valence-corrected chi connectivity index (χ1v) is 7.41. The van der Waals surface area contributed by atoms with Gasteiger partial charge in [0.25, 0.3) is 5.82 Å². The normalized spacial score (nSPS) is 11.6. The molecule has 0 spiro atoms. The van der Waals surface area contributed by atoms with E-state index in [0.29, 0.717) is 0 Å². The molecule has 1 aromatic carbocycles. The van der Waals surface area contributed by atoms with Gasteiger partial charge in [-0.2, -0.15) is 0 Å². The Labute approximate surface area is 130 Å². The van der Waals surface area contributed by atoms with Crippen LogP contribution in [-0.4, -0.2) is 4.57 Å². The van der Waals surface area contributed by atoms with Gasteiger partial charge < -0.3 is 4.42 Å². The van der Waals surface area contributed by atoms with Crippen LogP contribution in [0.1, 0.15) is 23.8 Å². The molecule has 3 nitrogen and oxygen atoms in total. The second kappa shape index (κ2) is 5.34. The summed E-state index contributed by atoms with van der Waals surface area (Å²) in [6.45, 7) is 8.01. The number of rotatable bonds is 3. The lowest BCUT2D eigenvalue weighted by Crippen LogP contribution is -2.29. The Morgan fingerprint density at radius 3 is 2.68 bits per heavy atom. The summed E-state index contributed by atoms with van der Waals surface area (Å²) in [5.74, 6) is 1.94. The van der Waals surface area contributed by atoms with Crippen molar-refractivity contribution in [2.75, 3.05) is 0 Å². The lowest BCUT2D eigenvalue weighted by atomic mass is 10.0. The average Bonchev–Trinajstić information content (AvgIpc) is 3.01. The Balaban J connectivity index is 2.45. The predicted molar refractivity (Wildman–Crippen MR) is 91.3 cm³/mol. The second-order valence-electron chi connectivity index (χ2n) is 5.56. The van der Waals surface area contributed by atoms with E-state index in [0.717, 1.165) is 33.7 Å². The van der Waals surface area contributed by atoms with Gasteiger partial charge in [0.15, 0.2) is 5.58 Å². The molecule has 0 saturated heterocycles. The van der Waals surface area contributed by atoms with E-state index in [2.05, 4.69) is 67.3 Å². The third kappa shape index (κ3) is 2.01. The lowest BCUT2D eigenvalue weighted by molar-refractivity contribution is -0.659. The minimum absolute atomic E-state index is 0.816. The highest BCUT2D eigenvalue weighted by atomic mass is 16.3. The molecule has 0 unspecified atom stereocenters. The van der Waals surface area contributed by atoms with Crippen molar-refractivity contribution in [1.82, 2.24) is 4.57 Å². The van der Waals surface area contributed by atoms with Gasteiger partial charge in [0.05, 0.1) is 14.1 Å². The third-order valence-corrected chi connectivity index (χ3v) is 4.06. The number of allylic oxidation sites excluding steroid dienone is 1. The number of nitrogens with zero attached hydrogens (tertiary/aromatic N) is 2. The summed E-state index contributed by atoms with van der Waals surface area (Å²) in [5, 5.41) is 1.12. The van der Waals surface area contributed by atoms with Crippen LogP contribution >= 0.6 is 0 Å². The summed E-state index contributed by atoms with van der Waals surface area (Å²) < 4.78 is 10.4. The van der Waals surface area contributed by atoms with Crippen molar-refractivity contribution < 1.29 is 8.98 Å². The van der Waals surface area contributed by atoms with Gasteiger partial charge in [-0.25, -0.2) is 9.13 Å². The largest absolute Gasteiger partial charge is 0.455 e. The molecule has 0 bridgehead atoms. The van der Waals surface area contributed by atoms with Gasteiger partial charge in [0.1, 0.15) is 23.7 Å². The Bertz CT molecular complexity index is 874. The van der Waals surface area contributed by atoms with Gasteiger partial charge in [0, 0.05) is 10.9 Å². The highest BCUT2D eigenvalue weighted by Crippen LogP contribution is 2.36. The van der Waals surface area contributed by atoms with Gasteiger partial charge >= 0.3 is 0 Å². The van der Waals surface area contributed by atoms with E-state index in [-0.39, 0.29) is 0 Å². The standard InChI is InChI=1S/C19H21N2O/c1-6-8-14-15-10-9-13(3)17(18(15)22-16(14)7-2)19-20(4)11-12-21(19)5/h6-12H,2H2,1,3-5H3/q+1/b8-6-. The Morgan fingerprint density at radius 2 is 2.09 bits per heavy atom. The van der Waals surface area contributed by atoms with Crippen LogP contribution in [0.2, 0.25) is 0 Å². The molecule has 0 aliphatic rings. The monoisotopic (exact) mass is 293 g/mol. The molecule has 0 amide bonds. The van der Waals surface area contributed by atoms with Crippen molar-refractivity contribution in [3.63, 3.8) is 0 Å². The second-order valence-corrected chi connectivity index (χ2v) is 5.56. The van der Waals surface area contributed by atoms with E-state index in [1.165, 1.54) is 5.56 Å². The fraction of sp³-hybridized carbons (Fsp3) is 0.211. The van der Waals surface area contributed by atoms with Crippen molar-refractivity contribution in [3.8, 4) is 11.4 Å². The predicted octanol–water partition coefficient (Wildman–Crippen LogP) is 4.25. The molecule has 0 atom stereocenters. The molecule has 112 valence electrons. The maximum atomic E-state index is 6.15. The van der Waals surface area contributed by atoms with E-state index in [1.807, 2.05) is 13.0 Å². The van der Waals surface area contributed by atoms with E-state index >= 15 is 0 Å². The van der Waals surface area contributed by atoms with Crippen molar-refractivity contribution in [2.24, 2.45) is 14.1 Å². The number of aromatic nitrogens is 2. The molecular formula is C19H21N2O+. The minimum atomic E-state index is 0.816. The molecule has 0 saturated carbocycles. The Kier molecular flexibility index (Phi) is 3.49. The van der Waals surface area contributed by atoms with E-state index in [4.69, 9.17) is 4.42 Å². The summed E-state index contributed by atoms with van der Waals surface area (Å²) in [5.41, 5.74) is 4.33. The van der Waals surface area contributed by atoms with Crippen LogP contribution in [0.5, 0.6) is 0 Å². The molecule has 3 rings (SSSR count). The van der Waals surface area contributed by atoms with Gasteiger partial charge in [-0.3, -0.25) is 0 Å². The van der Waals surface area contributed by atoms with Gasteiger partial charge in [-0.05, 0) is 25.5 Å². The van der Waals surface area contributed by atoms with Crippen LogP contribution in [0.3, 0.4) is 0 Å². The van der Waals surface area contributed by atoms with Crippen LogP contribution in [0.25, 0.3) is 34.5 Å². The van der Waals surface area contributed by atoms with Gasteiger partial charge in [-0.1, -0.05) is 30.9 Å². The van der Waals surface area contributed by atoms with Crippen LogP contribution in [-0.2, 0) is 14.1 Å². The maximum Gasteiger partial charge on any atom is 0.292 e. The fourth-order valence-electron chi connectivity index (χ4n) is 3.01. The summed E-state index contributed by atoms with van der Waals surface area (Å²) in [4.78, 5) is 0. The zero-order valence-corrected chi connectivity index (χ0v) is 13.6. The number of aryl methyl sites for hydroxylation is 3. The molecular weight excluding hydrogens is 272 g/mol. The van der Waals surface area contributed by atoms with Gasteiger partial charge in [0.2, 0.25) is 0 Å². The molecule has 2 heterocycles. The first-order chi connectivity index (χ1) is 10.6. The quantitative estimate of drug-likeness (QED) is 0.662. The van der Waals surface area contributed by atoms with Crippen molar-refractivity contribution >= 4 is 23.1 Å². The molecule has 3 heteroatoms. The third-order valence-electron chi connectivity index (χ3n) is 4.06. The maximum absolute atomic E-state index is 6.15. The van der Waals surface area contributed by atoms with Crippen molar-refractivity contribution in [2.45, 2.75) is 13.8 Å². The first kappa shape index (κ1) is 14.4. The molecule has 2 aromatic heterocycles. The van der Waals surface area contributed by atoms with Crippen molar-refractivity contribution in [1.29, 1.82) is 0 Å². The average molecular weight is 293 g/mol. The zero-order chi connectivity index (χ0) is 15.9. The first-order valence-electron chi connectivity index (χ1n) is 7.41. The molecule has 0 fully saturated rings. The summed E-state index contributed by atoms with van der Waals surface area (Å²) in [6, 6.07) is 4.28. The van der Waals surface area contributed by atoms with Crippen LogP contribution in [0.4, 0.5) is 0 Å². The minimum Gasteiger partial charge on any atom is -0.455 e. The molecule has 3 aromatic rings. The van der Waals surface area contributed by atoms with Crippen LogP contribution in [0.15, 0.2) is 41.6 Å². The number of hydrogen-bond donors (Lipinski definition) is 0. The fourth-order valence-corrected chi connectivity index (χ4v) is 3.01. The molecule has 0 aliphatic heterocycles. The van der Waals surface area contributed by atoms with Gasteiger partial charge in [-0.15, -0.1) is 0 Å². The van der Waals surface area contributed by atoms with Crippen LogP contribution < -0.4 is 4.57 Å². The topological polar surface area (TPSA) is 21.9 Å². The number of fused-ring (bicyclic) bond motifs is 1. The Hall–Kier alpha value is -2.55. The number of imidazole rings is 1. The number of hydrogen-bond acceptors (Lipinski definition) is 1. The summed E-state index contributed by atoms with van der Waals surface area (Å²) >= 11 is 0. The molecule has 0 radical (unpaired) electrons. The van der Waals surface area contributed by atoms with E-state index < -0.39 is 0 Å². The van der Waals surface area contributed by atoms with E-state index in [9.17, 15) is 0 Å². The molecule has 22 heavy (non-hydrogen) atoms. The molecule has 0 aliphatic carbocycles. The summed E-state index contributed by atoms with van der Waals surface area (Å²) in [7, 11) is 4.11. The van der Waals surface area contributed by atoms with Crippen molar-refractivity contribution in [3.05, 3.63) is 54.1 Å².